The third-order valence-electron chi connectivity index (χ3n) is 4.00. The van der Waals surface area contributed by atoms with Gasteiger partial charge >= 0.3 is 5.97 Å². The number of rotatable bonds is 3. The molecule has 1 saturated heterocycles. The van der Waals surface area contributed by atoms with E-state index in [2.05, 4.69) is 35.7 Å². The van der Waals surface area contributed by atoms with Crippen LogP contribution in [-0.2, 0) is 4.79 Å². The zero-order valence-corrected chi connectivity index (χ0v) is 13.2. The van der Waals surface area contributed by atoms with E-state index in [1.54, 1.807) is 0 Å². The zero-order valence-electron chi connectivity index (χ0n) is 13.2. The molecule has 20 heavy (non-hydrogen) atoms. The summed E-state index contributed by atoms with van der Waals surface area (Å²) in [6.07, 6.45) is 0. The Labute approximate surface area is 122 Å². The van der Waals surface area contributed by atoms with Gasteiger partial charge in [-0.05, 0) is 20.6 Å². The second kappa shape index (κ2) is 9.28. The molecule has 0 unspecified atom stereocenters. The Kier molecular flexibility index (Phi) is 8.06. The maximum Gasteiger partial charge on any atom is 0.317 e. The highest BCUT2D eigenvalue weighted by Gasteiger charge is 2.14. The smallest absolute Gasteiger partial charge is 0.317 e. The third-order valence-corrected chi connectivity index (χ3v) is 4.00. The van der Waals surface area contributed by atoms with Crippen LogP contribution in [0.15, 0.2) is 0 Å². The highest BCUT2D eigenvalue weighted by molar-refractivity contribution is 5.69. The number of aliphatic carboxylic acids is 1. The van der Waals surface area contributed by atoms with Crippen LogP contribution in [0, 0.1) is 0 Å². The molecule has 0 aromatic carbocycles. The molecule has 0 amide bonds. The van der Waals surface area contributed by atoms with Crippen molar-refractivity contribution in [3.8, 4) is 0 Å². The molecule has 1 aliphatic heterocycles. The Morgan fingerprint density at radius 2 is 1.25 bits per heavy atom. The first kappa shape index (κ1) is 17.4. The van der Waals surface area contributed by atoms with Crippen LogP contribution in [-0.4, -0.2) is 110 Å². The lowest BCUT2D eigenvalue weighted by Gasteiger charge is -2.31. The minimum atomic E-state index is -0.734. The summed E-state index contributed by atoms with van der Waals surface area (Å²) in [5, 5.41) is 9.00. The predicted molar refractivity (Wildman–Crippen MR) is 81.2 cm³/mol. The minimum absolute atomic E-state index is 0.144. The van der Waals surface area contributed by atoms with Crippen LogP contribution in [0.1, 0.15) is 6.92 Å². The third kappa shape index (κ3) is 7.19. The highest BCUT2D eigenvalue weighted by Crippen LogP contribution is 1.98. The van der Waals surface area contributed by atoms with Crippen molar-refractivity contribution < 1.29 is 9.90 Å². The number of nitrogens with zero attached hydrogens (tertiary/aromatic N) is 4. The molecule has 1 fully saturated rings. The summed E-state index contributed by atoms with van der Waals surface area (Å²) in [6.45, 7) is 11.1. The number of likely N-dealkylation sites (N-methyl/N-ethyl adjacent to an activating group) is 3. The minimum Gasteiger partial charge on any atom is -0.480 e. The number of carbonyl (C=O) groups is 1. The van der Waals surface area contributed by atoms with Crippen molar-refractivity contribution in [2.75, 3.05) is 79.5 Å². The Morgan fingerprint density at radius 3 is 1.75 bits per heavy atom. The van der Waals surface area contributed by atoms with Gasteiger partial charge in [0.2, 0.25) is 0 Å². The standard InChI is InChI=1S/C14H30N4O2/c1-4-17-9-7-15(2)5-6-16(3)8-10-18(12-11-17)13-14(19)20/h4-13H2,1-3H3,(H,19,20). The fraction of sp³-hybridized carbons (Fsp3) is 0.929. The van der Waals surface area contributed by atoms with E-state index in [4.69, 9.17) is 5.11 Å². The molecule has 0 saturated carbocycles. The summed E-state index contributed by atoms with van der Waals surface area (Å²) < 4.78 is 0. The molecular formula is C14H30N4O2. The maximum absolute atomic E-state index is 10.9. The van der Waals surface area contributed by atoms with Gasteiger partial charge in [-0.15, -0.1) is 0 Å². The molecule has 118 valence electrons. The normalized spacial score (nSPS) is 23.1. The van der Waals surface area contributed by atoms with Crippen LogP contribution >= 0.6 is 0 Å². The summed E-state index contributed by atoms with van der Waals surface area (Å²) in [4.78, 5) is 20.0. The van der Waals surface area contributed by atoms with E-state index in [0.717, 1.165) is 58.9 Å². The van der Waals surface area contributed by atoms with Crippen LogP contribution in [0.25, 0.3) is 0 Å². The summed E-state index contributed by atoms with van der Waals surface area (Å²) in [6, 6.07) is 0. The van der Waals surface area contributed by atoms with Crippen molar-refractivity contribution in [3.63, 3.8) is 0 Å². The van der Waals surface area contributed by atoms with Crippen LogP contribution in [0.4, 0.5) is 0 Å². The van der Waals surface area contributed by atoms with Gasteiger partial charge in [0.1, 0.15) is 0 Å². The van der Waals surface area contributed by atoms with Gasteiger partial charge in [-0.25, -0.2) is 0 Å². The van der Waals surface area contributed by atoms with Crippen LogP contribution in [0.3, 0.4) is 0 Å². The monoisotopic (exact) mass is 286 g/mol. The van der Waals surface area contributed by atoms with Gasteiger partial charge in [0.05, 0.1) is 6.54 Å². The second-order valence-electron chi connectivity index (χ2n) is 5.71. The van der Waals surface area contributed by atoms with Gasteiger partial charge in [0.25, 0.3) is 0 Å². The summed E-state index contributed by atoms with van der Waals surface area (Å²) >= 11 is 0. The van der Waals surface area contributed by atoms with E-state index in [9.17, 15) is 4.79 Å². The Morgan fingerprint density at radius 1 is 0.850 bits per heavy atom. The van der Waals surface area contributed by atoms with Crippen molar-refractivity contribution in [1.29, 1.82) is 0 Å². The molecule has 1 aliphatic rings. The molecule has 0 aliphatic carbocycles. The van der Waals surface area contributed by atoms with Crippen molar-refractivity contribution in [2.45, 2.75) is 6.92 Å². The molecular weight excluding hydrogens is 256 g/mol. The lowest BCUT2D eigenvalue weighted by atomic mass is 10.3. The van der Waals surface area contributed by atoms with Crippen molar-refractivity contribution in [3.05, 3.63) is 0 Å². The molecule has 0 atom stereocenters. The van der Waals surface area contributed by atoms with Gasteiger partial charge in [-0.2, -0.15) is 0 Å². The van der Waals surface area contributed by atoms with E-state index in [-0.39, 0.29) is 6.54 Å². The van der Waals surface area contributed by atoms with Gasteiger partial charge in [0.15, 0.2) is 0 Å². The summed E-state index contributed by atoms with van der Waals surface area (Å²) in [5.74, 6) is -0.734. The van der Waals surface area contributed by atoms with E-state index in [1.165, 1.54) is 0 Å². The molecule has 1 N–H and O–H groups in total. The Balaban J connectivity index is 2.57. The molecule has 0 aromatic heterocycles. The first-order valence-corrected chi connectivity index (χ1v) is 7.55. The highest BCUT2D eigenvalue weighted by atomic mass is 16.4. The van der Waals surface area contributed by atoms with E-state index >= 15 is 0 Å². The Hall–Kier alpha value is -0.690. The van der Waals surface area contributed by atoms with Crippen molar-refractivity contribution in [1.82, 2.24) is 19.6 Å². The predicted octanol–water partition coefficient (Wildman–Crippen LogP) is -0.428. The van der Waals surface area contributed by atoms with E-state index < -0.39 is 5.97 Å². The van der Waals surface area contributed by atoms with E-state index in [1.807, 2.05) is 4.90 Å². The number of hydrogen-bond acceptors (Lipinski definition) is 5. The van der Waals surface area contributed by atoms with Gasteiger partial charge in [-0.1, -0.05) is 6.92 Å². The lowest BCUT2D eigenvalue weighted by Crippen LogP contribution is -2.45. The fourth-order valence-corrected chi connectivity index (χ4v) is 2.36. The average molecular weight is 286 g/mol. The fourth-order valence-electron chi connectivity index (χ4n) is 2.36. The zero-order chi connectivity index (χ0) is 15.0. The van der Waals surface area contributed by atoms with E-state index in [0.29, 0.717) is 0 Å². The van der Waals surface area contributed by atoms with Crippen LogP contribution in [0.5, 0.6) is 0 Å². The van der Waals surface area contributed by atoms with Crippen LogP contribution in [0.2, 0.25) is 0 Å². The first-order valence-electron chi connectivity index (χ1n) is 7.55. The molecule has 0 radical (unpaired) electrons. The number of carboxylic acid groups (broad SMARTS) is 1. The number of carboxylic acids is 1. The van der Waals surface area contributed by atoms with Crippen LogP contribution < -0.4 is 0 Å². The molecule has 1 heterocycles. The molecule has 6 heteroatoms. The van der Waals surface area contributed by atoms with Crippen molar-refractivity contribution >= 4 is 5.97 Å². The number of hydrogen-bond donors (Lipinski definition) is 1. The largest absolute Gasteiger partial charge is 0.480 e. The van der Waals surface area contributed by atoms with Gasteiger partial charge in [0, 0.05) is 52.4 Å². The summed E-state index contributed by atoms with van der Waals surface area (Å²) in [5.41, 5.74) is 0. The molecule has 0 aromatic rings. The average Bonchev–Trinajstić information content (AvgIpc) is 2.40. The molecule has 1 rings (SSSR count). The quantitative estimate of drug-likeness (QED) is 0.760. The Bertz CT molecular complexity index is 288. The molecule has 0 bridgehead atoms. The summed E-state index contributed by atoms with van der Waals surface area (Å²) in [7, 11) is 4.28. The lowest BCUT2D eigenvalue weighted by molar-refractivity contribution is -0.138. The molecule has 0 spiro atoms. The maximum atomic E-state index is 10.9. The van der Waals surface area contributed by atoms with Crippen molar-refractivity contribution in [2.24, 2.45) is 0 Å². The topological polar surface area (TPSA) is 50.3 Å². The first-order chi connectivity index (χ1) is 9.51. The van der Waals surface area contributed by atoms with Gasteiger partial charge < -0.3 is 19.8 Å². The van der Waals surface area contributed by atoms with Gasteiger partial charge in [-0.3, -0.25) is 9.69 Å². The SMILES string of the molecule is CCN1CCN(C)CCN(C)CCN(CC(=O)O)CC1. The molecule has 6 nitrogen and oxygen atoms in total. The second-order valence-corrected chi connectivity index (χ2v) is 5.71.